The molecule has 24 heavy (non-hydrogen) atoms. The first-order chi connectivity index (χ1) is 11.1. The van der Waals surface area contributed by atoms with Crippen LogP contribution in [0, 0.1) is 0 Å². The first kappa shape index (κ1) is 18.6. The molecule has 0 aromatic carbocycles. The highest BCUT2D eigenvalue weighted by molar-refractivity contribution is 5.70. The number of aliphatic hydroxyl groups is 1. The van der Waals surface area contributed by atoms with Crippen LogP contribution in [0.2, 0.25) is 0 Å². The summed E-state index contributed by atoms with van der Waals surface area (Å²) < 4.78 is 10.3. The molecular weight excluding hydrogens is 312 g/mol. The molecule has 0 aliphatic carbocycles. The third-order valence-electron chi connectivity index (χ3n) is 4.35. The molecule has 2 heterocycles. The lowest BCUT2D eigenvalue weighted by atomic mass is 9.86. The van der Waals surface area contributed by atoms with Gasteiger partial charge >= 0.3 is 12.2 Å². The predicted octanol–water partition coefficient (Wildman–Crippen LogP) is 2.19. The van der Waals surface area contributed by atoms with Crippen molar-refractivity contribution in [2.45, 2.75) is 69.7 Å². The van der Waals surface area contributed by atoms with Gasteiger partial charge in [-0.3, -0.25) is 0 Å². The molecule has 2 saturated heterocycles. The molecule has 2 N–H and O–H groups in total. The van der Waals surface area contributed by atoms with Crippen molar-refractivity contribution >= 4 is 12.2 Å². The number of amides is 2. The zero-order valence-corrected chi connectivity index (χ0v) is 14.7. The van der Waals surface area contributed by atoms with E-state index in [0.717, 1.165) is 12.8 Å². The van der Waals surface area contributed by atoms with Gasteiger partial charge in [-0.05, 0) is 46.5 Å². The molecular formula is C17H28N2O5. The Morgan fingerprint density at radius 1 is 1.33 bits per heavy atom. The zero-order chi connectivity index (χ0) is 18.0. The smallest absolute Gasteiger partial charge is 0.410 e. The lowest BCUT2D eigenvalue weighted by molar-refractivity contribution is -0.0567. The Kier molecular flexibility index (Phi) is 5.42. The summed E-state index contributed by atoms with van der Waals surface area (Å²) in [5.74, 6) is 0. The molecule has 2 rings (SSSR count). The van der Waals surface area contributed by atoms with E-state index in [4.69, 9.17) is 9.47 Å². The van der Waals surface area contributed by atoms with Gasteiger partial charge in [-0.2, -0.15) is 0 Å². The van der Waals surface area contributed by atoms with Gasteiger partial charge in [0.2, 0.25) is 0 Å². The Morgan fingerprint density at radius 2 is 1.92 bits per heavy atom. The summed E-state index contributed by atoms with van der Waals surface area (Å²) in [5.41, 5.74) is -1.57. The molecule has 0 aromatic rings. The molecule has 7 nitrogen and oxygen atoms in total. The van der Waals surface area contributed by atoms with Crippen LogP contribution in [0.15, 0.2) is 12.7 Å². The number of carbonyl (C=O) groups is 2. The van der Waals surface area contributed by atoms with Crippen LogP contribution in [-0.4, -0.2) is 58.6 Å². The van der Waals surface area contributed by atoms with Crippen molar-refractivity contribution in [3.05, 3.63) is 12.7 Å². The zero-order valence-electron chi connectivity index (χ0n) is 14.7. The summed E-state index contributed by atoms with van der Waals surface area (Å²) in [6, 6.07) is -0.121. The Labute approximate surface area is 143 Å². The minimum Gasteiger partial charge on any atom is -0.445 e. The fourth-order valence-electron chi connectivity index (χ4n) is 3.50. The first-order valence-corrected chi connectivity index (χ1v) is 8.39. The van der Waals surface area contributed by atoms with Gasteiger partial charge in [0, 0.05) is 18.6 Å². The number of nitrogens with zero attached hydrogens (tertiary/aromatic N) is 1. The van der Waals surface area contributed by atoms with E-state index >= 15 is 0 Å². The molecule has 1 unspecified atom stereocenters. The second kappa shape index (κ2) is 7.01. The highest BCUT2D eigenvalue weighted by Crippen LogP contribution is 2.41. The maximum absolute atomic E-state index is 12.4. The highest BCUT2D eigenvalue weighted by atomic mass is 16.6. The summed E-state index contributed by atoms with van der Waals surface area (Å²) in [7, 11) is 0. The van der Waals surface area contributed by atoms with Crippen LogP contribution < -0.4 is 5.32 Å². The Bertz CT molecular complexity index is 486. The van der Waals surface area contributed by atoms with Crippen LogP contribution >= 0.6 is 0 Å². The standard InChI is InChI=1S/C17H28N2O5/c1-5-8-23-14(20)18-11-17(22)9-12-6-7-13(10-17)19(12)15(21)24-16(2,3)4/h5,12-13,22H,1,6-11H2,2-4H3,(H,18,20)/t12-,13+,17?. The number of rotatable bonds is 4. The van der Waals surface area contributed by atoms with Crippen LogP contribution in [-0.2, 0) is 9.47 Å². The third kappa shape index (κ3) is 4.63. The topological polar surface area (TPSA) is 88.1 Å². The van der Waals surface area contributed by atoms with Gasteiger partial charge in [0.05, 0.1) is 5.60 Å². The number of hydrogen-bond donors (Lipinski definition) is 2. The lowest BCUT2D eigenvalue weighted by Gasteiger charge is -2.43. The second-order valence-corrected chi connectivity index (χ2v) is 7.65. The lowest BCUT2D eigenvalue weighted by Crippen LogP contribution is -2.57. The van der Waals surface area contributed by atoms with Gasteiger partial charge < -0.3 is 24.8 Å². The van der Waals surface area contributed by atoms with Gasteiger partial charge in [-0.25, -0.2) is 9.59 Å². The first-order valence-electron chi connectivity index (χ1n) is 8.39. The van der Waals surface area contributed by atoms with Crippen molar-refractivity contribution in [3.63, 3.8) is 0 Å². The van der Waals surface area contributed by atoms with Gasteiger partial charge in [0.1, 0.15) is 12.2 Å². The second-order valence-electron chi connectivity index (χ2n) is 7.65. The normalized spacial score (nSPS) is 29.1. The number of alkyl carbamates (subject to hydrolysis) is 1. The fourth-order valence-corrected chi connectivity index (χ4v) is 3.50. The molecule has 2 amide bonds. The van der Waals surface area contributed by atoms with Crippen molar-refractivity contribution < 1.29 is 24.2 Å². The molecule has 2 aliphatic rings. The summed E-state index contributed by atoms with van der Waals surface area (Å²) in [6.45, 7) is 9.22. The largest absolute Gasteiger partial charge is 0.445 e. The van der Waals surface area contributed by atoms with E-state index in [0.29, 0.717) is 12.8 Å². The Morgan fingerprint density at radius 3 is 2.42 bits per heavy atom. The number of fused-ring (bicyclic) bond motifs is 2. The number of nitrogens with one attached hydrogen (secondary N) is 1. The van der Waals surface area contributed by atoms with E-state index < -0.39 is 17.3 Å². The van der Waals surface area contributed by atoms with Crippen LogP contribution in [0.25, 0.3) is 0 Å². The van der Waals surface area contributed by atoms with E-state index in [2.05, 4.69) is 11.9 Å². The van der Waals surface area contributed by atoms with Gasteiger partial charge in [-0.15, -0.1) is 0 Å². The van der Waals surface area contributed by atoms with E-state index in [1.807, 2.05) is 20.8 Å². The van der Waals surface area contributed by atoms with Gasteiger partial charge in [0.15, 0.2) is 0 Å². The maximum atomic E-state index is 12.4. The van der Waals surface area contributed by atoms with Crippen molar-refractivity contribution in [3.8, 4) is 0 Å². The minimum absolute atomic E-state index is 0.0606. The van der Waals surface area contributed by atoms with Crippen molar-refractivity contribution in [1.29, 1.82) is 0 Å². The molecule has 3 atom stereocenters. The number of hydrogen-bond acceptors (Lipinski definition) is 5. The fraction of sp³-hybridized carbons (Fsp3) is 0.765. The van der Waals surface area contributed by atoms with E-state index in [1.165, 1.54) is 6.08 Å². The molecule has 7 heteroatoms. The summed E-state index contributed by atoms with van der Waals surface area (Å²) >= 11 is 0. The number of piperidine rings is 1. The Hall–Kier alpha value is -1.76. The monoisotopic (exact) mass is 340 g/mol. The average Bonchev–Trinajstić information content (AvgIpc) is 2.74. The number of ether oxygens (including phenoxy) is 2. The molecule has 136 valence electrons. The van der Waals surface area contributed by atoms with E-state index in [9.17, 15) is 14.7 Å². The third-order valence-corrected chi connectivity index (χ3v) is 4.35. The van der Waals surface area contributed by atoms with Crippen molar-refractivity contribution in [1.82, 2.24) is 10.2 Å². The summed E-state index contributed by atoms with van der Waals surface area (Å²) in [4.78, 5) is 25.7. The van der Waals surface area contributed by atoms with Crippen LogP contribution in [0.4, 0.5) is 9.59 Å². The average molecular weight is 340 g/mol. The summed E-state index contributed by atoms with van der Waals surface area (Å²) in [5, 5.41) is 13.4. The molecule has 0 aromatic heterocycles. The van der Waals surface area contributed by atoms with Gasteiger partial charge in [0.25, 0.3) is 0 Å². The molecule has 0 saturated carbocycles. The SMILES string of the molecule is C=CCOC(=O)NCC1(O)C[C@H]2CC[C@@H](C1)N2C(=O)OC(C)(C)C. The highest BCUT2D eigenvalue weighted by Gasteiger charge is 2.50. The van der Waals surface area contributed by atoms with Crippen LogP contribution in [0.3, 0.4) is 0 Å². The maximum Gasteiger partial charge on any atom is 0.410 e. The van der Waals surface area contributed by atoms with Crippen LogP contribution in [0.5, 0.6) is 0 Å². The van der Waals surface area contributed by atoms with Crippen molar-refractivity contribution in [2.75, 3.05) is 13.2 Å². The minimum atomic E-state index is -1.03. The molecule has 2 fully saturated rings. The number of carbonyl (C=O) groups excluding carboxylic acids is 2. The molecule has 2 bridgehead atoms. The quantitative estimate of drug-likeness (QED) is 0.766. The van der Waals surface area contributed by atoms with E-state index in [-0.39, 0.29) is 31.3 Å². The Balaban J connectivity index is 1.92. The van der Waals surface area contributed by atoms with Gasteiger partial charge in [-0.1, -0.05) is 12.7 Å². The molecule has 0 radical (unpaired) electrons. The van der Waals surface area contributed by atoms with E-state index in [1.54, 1.807) is 4.90 Å². The summed E-state index contributed by atoms with van der Waals surface area (Å²) in [6.07, 6.45) is 3.10. The molecule has 2 aliphatic heterocycles. The van der Waals surface area contributed by atoms with Crippen molar-refractivity contribution in [2.24, 2.45) is 0 Å². The predicted molar refractivity (Wildman–Crippen MR) is 88.6 cm³/mol. The molecule has 0 spiro atoms. The van der Waals surface area contributed by atoms with Crippen LogP contribution in [0.1, 0.15) is 46.5 Å².